The van der Waals surface area contributed by atoms with Gasteiger partial charge in [-0.05, 0) is 62.1 Å². The van der Waals surface area contributed by atoms with Crippen LogP contribution >= 0.6 is 11.6 Å². The number of nitrogens with zero attached hydrogens (tertiary/aromatic N) is 3. The van der Waals surface area contributed by atoms with E-state index in [2.05, 4.69) is 15.2 Å². The lowest BCUT2D eigenvalue weighted by atomic mass is 9.74. The van der Waals surface area contributed by atoms with E-state index in [0.717, 1.165) is 16.7 Å². The minimum atomic E-state index is -0.860. The molecule has 1 N–H and O–H groups in total. The van der Waals surface area contributed by atoms with Crippen LogP contribution in [0.15, 0.2) is 65.2 Å². The van der Waals surface area contributed by atoms with Crippen LogP contribution in [0.5, 0.6) is 0 Å². The van der Waals surface area contributed by atoms with Crippen molar-refractivity contribution in [2.24, 2.45) is 15.6 Å². The Bertz CT molecular complexity index is 860. The molecule has 0 bridgehead atoms. The highest BCUT2D eigenvalue weighted by atomic mass is 35.5. The van der Waals surface area contributed by atoms with Gasteiger partial charge in [0.25, 0.3) is 0 Å². The van der Waals surface area contributed by atoms with Crippen LogP contribution in [0.2, 0.25) is 5.02 Å². The van der Waals surface area contributed by atoms with Crippen LogP contribution in [0.1, 0.15) is 37.8 Å². The number of hydrogen-bond donors (Lipinski definition) is 1. The highest BCUT2D eigenvalue weighted by Gasteiger charge is 2.42. The number of hydrogen-bond acceptors (Lipinski definition) is 4. The van der Waals surface area contributed by atoms with Gasteiger partial charge in [-0.25, -0.2) is 0 Å². The third-order valence-electron chi connectivity index (χ3n) is 4.86. The number of carboxylic acid groups (broad SMARTS) is 1. The Hall–Kier alpha value is -2.53. The Balaban J connectivity index is 2.05. The van der Waals surface area contributed by atoms with Crippen molar-refractivity contribution in [1.82, 2.24) is 4.98 Å². The molecule has 5 nitrogen and oxygen atoms in total. The molecule has 2 aromatic rings. The van der Waals surface area contributed by atoms with E-state index >= 15 is 0 Å². The zero-order valence-corrected chi connectivity index (χ0v) is 15.4. The summed E-state index contributed by atoms with van der Waals surface area (Å²) in [5, 5.41) is 18.9. The zero-order valence-electron chi connectivity index (χ0n) is 14.7. The maximum atomic E-state index is 11.6. The molecule has 1 aromatic carbocycles. The lowest BCUT2D eigenvalue weighted by Gasteiger charge is -2.32. The summed E-state index contributed by atoms with van der Waals surface area (Å²) in [5.74, 6) is -0.826. The summed E-state index contributed by atoms with van der Waals surface area (Å²) in [4.78, 5) is 15.6. The monoisotopic (exact) mass is 369 g/mol. The van der Waals surface area contributed by atoms with E-state index in [4.69, 9.17) is 11.6 Å². The van der Waals surface area contributed by atoms with Crippen LogP contribution in [0.3, 0.4) is 0 Å². The summed E-state index contributed by atoms with van der Waals surface area (Å²) < 4.78 is 0. The average molecular weight is 370 g/mol. The first-order valence-electron chi connectivity index (χ1n) is 8.38. The second kappa shape index (κ2) is 7.00. The number of rotatable bonds is 6. The van der Waals surface area contributed by atoms with Gasteiger partial charge in [0, 0.05) is 23.0 Å². The third-order valence-corrected chi connectivity index (χ3v) is 5.12. The van der Waals surface area contributed by atoms with Crippen molar-refractivity contribution < 1.29 is 9.90 Å². The second-order valence-electron chi connectivity index (χ2n) is 7.05. The molecule has 134 valence electrons. The van der Waals surface area contributed by atoms with E-state index in [1.54, 1.807) is 32.4 Å². The van der Waals surface area contributed by atoms with Crippen molar-refractivity contribution in [2.45, 2.75) is 32.2 Å². The number of carbonyl (C=O) groups is 1. The van der Waals surface area contributed by atoms with Gasteiger partial charge in [-0.1, -0.05) is 23.7 Å². The molecule has 0 fully saturated rings. The standard InChI is InChI=1S/C20H20ClN3O2/c1-19(2,18(25)26)9-10-20(15-3-5-16(21)6-4-15)17(13-23-24-20)14-7-11-22-12-8-14/h3-8,11-13H,9-10H2,1-2H3,(H,25,26). The molecule has 0 aliphatic carbocycles. The third kappa shape index (κ3) is 3.40. The molecule has 0 saturated heterocycles. The molecule has 0 radical (unpaired) electrons. The van der Waals surface area contributed by atoms with E-state index < -0.39 is 16.9 Å². The average Bonchev–Trinajstić information content (AvgIpc) is 3.06. The molecule has 1 aliphatic heterocycles. The lowest BCUT2D eigenvalue weighted by Crippen LogP contribution is -2.30. The lowest BCUT2D eigenvalue weighted by molar-refractivity contribution is -0.147. The molecule has 2 heterocycles. The molecule has 0 saturated carbocycles. The first-order valence-corrected chi connectivity index (χ1v) is 8.75. The molecule has 1 aromatic heterocycles. The normalized spacial score (nSPS) is 19.4. The van der Waals surface area contributed by atoms with Crippen molar-refractivity contribution in [3.05, 3.63) is 71.1 Å². The summed E-state index contributed by atoms with van der Waals surface area (Å²) in [6.07, 6.45) is 6.17. The second-order valence-corrected chi connectivity index (χ2v) is 7.49. The summed E-state index contributed by atoms with van der Waals surface area (Å²) in [6.45, 7) is 3.46. The quantitative estimate of drug-likeness (QED) is 0.747. The van der Waals surface area contributed by atoms with Crippen molar-refractivity contribution in [3.63, 3.8) is 0 Å². The highest BCUT2D eigenvalue weighted by Crippen LogP contribution is 2.48. The molecule has 1 atom stereocenters. The minimum Gasteiger partial charge on any atom is -0.481 e. The predicted molar refractivity (Wildman–Crippen MR) is 101 cm³/mol. The van der Waals surface area contributed by atoms with Crippen LogP contribution in [-0.4, -0.2) is 16.1 Å². The molecular weight excluding hydrogens is 350 g/mol. The fourth-order valence-corrected chi connectivity index (χ4v) is 3.18. The molecular formula is C20H20ClN3O2. The van der Waals surface area contributed by atoms with E-state index in [9.17, 15) is 9.90 Å². The number of halogens is 1. The van der Waals surface area contributed by atoms with Crippen molar-refractivity contribution in [2.75, 3.05) is 0 Å². The molecule has 1 unspecified atom stereocenters. The topological polar surface area (TPSA) is 74.9 Å². The number of pyridine rings is 1. The number of aromatic nitrogens is 1. The summed E-state index contributed by atoms with van der Waals surface area (Å²) in [7, 11) is 0. The van der Waals surface area contributed by atoms with Crippen molar-refractivity contribution >= 4 is 23.1 Å². The number of carboxylic acids is 1. The van der Waals surface area contributed by atoms with E-state index in [-0.39, 0.29) is 0 Å². The van der Waals surface area contributed by atoms with Crippen LogP contribution in [0.25, 0.3) is 5.57 Å². The maximum absolute atomic E-state index is 11.6. The van der Waals surface area contributed by atoms with Crippen molar-refractivity contribution in [1.29, 1.82) is 0 Å². The Kier molecular flexibility index (Phi) is 4.92. The molecule has 0 spiro atoms. The van der Waals surface area contributed by atoms with Gasteiger partial charge in [0.05, 0.1) is 11.6 Å². The maximum Gasteiger partial charge on any atom is 0.309 e. The fraction of sp³-hybridized carbons (Fsp3) is 0.300. The zero-order chi connectivity index (χ0) is 18.8. The van der Waals surface area contributed by atoms with Gasteiger partial charge in [-0.15, -0.1) is 0 Å². The van der Waals surface area contributed by atoms with Crippen LogP contribution in [-0.2, 0) is 10.3 Å². The first-order chi connectivity index (χ1) is 12.3. The van der Waals surface area contributed by atoms with Gasteiger partial charge in [0.2, 0.25) is 0 Å². The Morgan fingerprint density at radius 1 is 1.15 bits per heavy atom. The van der Waals surface area contributed by atoms with Gasteiger partial charge in [0.15, 0.2) is 0 Å². The fourth-order valence-electron chi connectivity index (χ4n) is 3.06. The van der Waals surface area contributed by atoms with Crippen LogP contribution in [0.4, 0.5) is 0 Å². The van der Waals surface area contributed by atoms with Gasteiger partial charge in [0.1, 0.15) is 5.54 Å². The Labute approximate surface area is 157 Å². The van der Waals surface area contributed by atoms with E-state index in [1.165, 1.54) is 0 Å². The highest BCUT2D eigenvalue weighted by molar-refractivity contribution is 6.30. The largest absolute Gasteiger partial charge is 0.481 e. The van der Waals surface area contributed by atoms with E-state index in [1.807, 2.05) is 36.4 Å². The number of benzene rings is 1. The molecule has 26 heavy (non-hydrogen) atoms. The molecule has 0 amide bonds. The summed E-state index contributed by atoms with van der Waals surface area (Å²) in [6, 6.07) is 11.3. The molecule has 1 aliphatic rings. The van der Waals surface area contributed by atoms with E-state index in [0.29, 0.717) is 17.9 Å². The SMILES string of the molecule is CC(C)(CCC1(c2ccc(Cl)cc2)N=NC=C1c1ccncc1)C(=O)O. The Morgan fingerprint density at radius 2 is 1.81 bits per heavy atom. The molecule has 3 rings (SSSR count). The molecule has 6 heteroatoms. The van der Waals surface area contributed by atoms with Crippen LogP contribution in [0, 0.1) is 5.41 Å². The van der Waals surface area contributed by atoms with Gasteiger partial charge in [-0.2, -0.15) is 10.2 Å². The first kappa shape index (κ1) is 18.3. The van der Waals surface area contributed by atoms with Crippen molar-refractivity contribution in [3.8, 4) is 0 Å². The number of azo groups is 1. The van der Waals surface area contributed by atoms with Gasteiger partial charge < -0.3 is 5.11 Å². The summed E-state index contributed by atoms with van der Waals surface area (Å²) >= 11 is 6.05. The van der Waals surface area contributed by atoms with Crippen LogP contribution < -0.4 is 0 Å². The van der Waals surface area contributed by atoms with Gasteiger partial charge >= 0.3 is 5.97 Å². The van der Waals surface area contributed by atoms with Gasteiger partial charge in [-0.3, -0.25) is 9.78 Å². The predicted octanol–water partition coefficient (Wildman–Crippen LogP) is 5.33. The smallest absolute Gasteiger partial charge is 0.309 e. The minimum absolute atomic E-state index is 0.451. The number of aliphatic carboxylic acids is 1. The summed E-state index contributed by atoms with van der Waals surface area (Å²) in [5.41, 5.74) is 1.24. The Morgan fingerprint density at radius 3 is 2.42 bits per heavy atom.